The zero-order chi connectivity index (χ0) is 9.35. The SMILES string of the molecule is CCC1(CC)NC(=O)N(C)C1=O. The molecule has 0 radical (unpaired) electrons. The summed E-state index contributed by atoms with van der Waals surface area (Å²) in [6.45, 7) is 3.81. The lowest BCUT2D eigenvalue weighted by atomic mass is 9.93. The van der Waals surface area contributed by atoms with Crippen molar-refractivity contribution in [2.45, 2.75) is 32.2 Å². The summed E-state index contributed by atoms with van der Waals surface area (Å²) in [4.78, 5) is 23.8. The highest BCUT2D eigenvalue weighted by atomic mass is 16.2. The normalized spacial score (nSPS) is 21.4. The van der Waals surface area contributed by atoms with Gasteiger partial charge in [0.05, 0.1) is 0 Å². The number of carbonyl (C=O) groups excluding carboxylic acids is 2. The van der Waals surface area contributed by atoms with Crippen molar-refractivity contribution in [1.82, 2.24) is 10.2 Å². The molecule has 1 saturated heterocycles. The molecular weight excluding hydrogens is 156 g/mol. The molecule has 1 fully saturated rings. The molecule has 0 aliphatic carbocycles. The summed E-state index contributed by atoms with van der Waals surface area (Å²) in [6, 6.07) is -0.288. The molecule has 4 heteroatoms. The maximum Gasteiger partial charge on any atom is 0.324 e. The minimum absolute atomic E-state index is 0.113. The Hall–Kier alpha value is -1.06. The van der Waals surface area contributed by atoms with E-state index < -0.39 is 5.54 Å². The van der Waals surface area contributed by atoms with Gasteiger partial charge in [-0.05, 0) is 12.8 Å². The minimum Gasteiger partial charge on any atom is -0.323 e. The quantitative estimate of drug-likeness (QED) is 0.621. The predicted octanol–water partition coefficient (Wildman–Crippen LogP) is 0.727. The van der Waals surface area contributed by atoms with Crippen molar-refractivity contribution < 1.29 is 9.59 Å². The Balaban J connectivity index is 2.95. The molecule has 0 aromatic heterocycles. The Labute approximate surface area is 71.9 Å². The van der Waals surface area contributed by atoms with Crippen molar-refractivity contribution in [2.24, 2.45) is 0 Å². The lowest BCUT2D eigenvalue weighted by Crippen LogP contribution is -2.45. The van der Waals surface area contributed by atoms with Crippen molar-refractivity contribution in [1.29, 1.82) is 0 Å². The maximum atomic E-state index is 11.5. The Morgan fingerprint density at radius 3 is 2.00 bits per heavy atom. The second-order valence-corrected chi connectivity index (χ2v) is 3.08. The number of hydrogen-bond acceptors (Lipinski definition) is 2. The fourth-order valence-corrected chi connectivity index (χ4v) is 1.48. The predicted molar refractivity (Wildman–Crippen MR) is 44.6 cm³/mol. The van der Waals surface area contributed by atoms with Crippen LogP contribution < -0.4 is 5.32 Å². The first kappa shape index (κ1) is 9.03. The first-order valence-electron chi connectivity index (χ1n) is 4.17. The van der Waals surface area contributed by atoms with Crippen LogP contribution >= 0.6 is 0 Å². The number of amides is 3. The third-order valence-electron chi connectivity index (χ3n) is 2.57. The number of rotatable bonds is 2. The molecule has 0 unspecified atom stereocenters. The molecule has 12 heavy (non-hydrogen) atoms. The van der Waals surface area contributed by atoms with Gasteiger partial charge in [0.1, 0.15) is 5.54 Å². The summed E-state index contributed by atoms with van der Waals surface area (Å²) in [6.07, 6.45) is 1.30. The van der Waals surface area contributed by atoms with Crippen LogP contribution in [-0.4, -0.2) is 29.4 Å². The van der Waals surface area contributed by atoms with Crippen molar-refractivity contribution in [3.05, 3.63) is 0 Å². The summed E-state index contributed by atoms with van der Waals surface area (Å²) >= 11 is 0. The first-order chi connectivity index (χ1) is 5.57. The summed E-state index contributed by atoms with van der Waals surface area (Å²) < 4.78 is 0. The van der Waals surface area contributed by atoms with Gasteiger partial charge < -0.3 is 5.32 Å². The Morgan fingerprint density at radius 2 is 1.83 bits per heavy atom. The molecule has 1 N–H and O–H groups in total. The van der Waals surface area contributed by atoms with Crippen LogP contribution in [-0.2, 0) is 4.79 Å². The van der Waals surface area contributed by atoms with Crippen LogP contribution in [0.25, 0.3) is 0 Å². The van der Waals surface area contributed by atoms with Crippen molar-refractivity contribution in [2.75, 3.05) is 7.05 Å². The van der Waals surface area contributed by atoms with Crippen LogP contribution in [0, 0.1) is 0 Å². The van der Waals surface area contributed by atoms with Gasteiger partial charge in [-0.2, -0.15) is 0 Å². The molecule has 0 saturated carbocycles. The molecule has 1 rings (SSSR count). The van der Waals surface area contributed by atoms with Crippen LogP contribution in [0.15, 0.2) is 0 Å². The van der Waals surface area contributed by atoms with Gasteiger partial charge in [0.15, 0.2) is 0 Å². The fraction of sp³-hybridized carbons (Fsp3) is 0.750. The van der Waals surface area contributed by atoms with E-state index in [0.29, 0.717) is 12.8 Å². The molecule has 3 amide bonds. The van der Waals surface area contributed by atoms with Gasteiger partial charge in [-0.1, -0.05) is 13.8 Å². The van der Waals surface area contributed by atoms with Gasteiger partial charge >= 0.3 is 6.03 Å². The van der Waals surface area contributed by atoms with E-state index in [0.717, 1.165) is 4.90 Å². The third kappa shape index (κ3) is 0.983. The number of nitrogens with zero attached hydrogens (tertiary/aromatic N) is 1. The van der Waals surface area contributed by atoms with E-state index in [-0.39, 0.29) is 11.9 Å². The summed E-state index contributed by atoms with van der Waals surface area (Å²) in [5.41, 5.74) is -0.633. The zero-order valence-corrected chi connectivity index (χ0v) is 7.68. The molecule has 0 aromatic carbocycles. The highest BCUT2D eigenvalue weighted by Gasteiger charge is 2.46. The molecule has 1 heterocycles. The molecule has 0 aromatic rings. The topological polar surface area (TPSA) is 49.4 Å². The lowest BCUT2D eigenvalue weighted by Gasteiger charge is -2.22. The molecule has 1 aliphatic heterocycles. The molecule has 0 spiro atoms. The molecular formula is C8H14N2O2. The van der Waals surface area contributed by atoms with Crippen LogP contribution in [0.5, 0.6) is 0 Å². The number of carbonyl (C=O) groups is 2. The molecule has 0 bridgehead atoms. The van der Waals surface area contributed by atoms with E-state index in [1.54, 1.807) is 0 Å². The lowest BCUT2D eigenvalue weighted by molar-refractivity contribution is -0.130. The minimum atomic E-state index is -0.633. The van der Waals surface area contributed by atoms with Crippen LogP contribution in [0.3, 0.4) is 0 Å². The van der Waals surface area contributed by atoms with Gasteiger partial charge in [-0.15, -0.1) is 0 Å². The molecule has 0 atom stereocenters. The zero-order valence-electron chi connectivity index (χ0n) is 7.68. The number of nitrogens with one attached hydrogen (secondary N) is 1. The van der Waals surface area contributed by atoms with Gasteiger partial charge in [0, 0.05) is 7.05 Å². The number of imide groups is 1. The number of hydrogen-bond donors (Lipinski definition) is 1. The van der Waals surface area contributed by atoms with E-state index in [2.05, 4.69) is 5.32 Å². The smallest absolute Gasteiger partial charge is 0.323 e. The second-order valence-electron chi connectivity index (χ2n) is 3.08. The third-order valence-corrected chi connectivity index (χ3v) is 2.57. The molecule has 68 valence electrons. The standard InChI is InChI=1S/C8H14N2O2/c1-4-8(5-2)6(11)10(3)7(12)9-8/h4-5H2,1-3H3,(H,9,12). The first-order valence-corrected chi connectivity index (χ1v) is 4.17. The van der Waals surface area contributed by atoms with Gasteiger partial charge in [0.25, 0.3) is 5.91 Å². The van der Waals surface area contributed by atoms with Gasteiger partial charge in [0.2, 0.25) is 0 Å². The van der Waals surface area contributed by atoms with Crippen molar-refractivity contribution in [3.63, 3.8) is 0 Å². The average Bonchev–Trinajstić information content (AvgIpc) is 2.30. The number of likely N-dealkylation sites (N-methyl/N-ethyl adjacent to an activating group) is 1. The monoisotopic (exact) mass is 170 g/mol. The summed E-state index contributed by atoms with van der Waals surface area (Å²) in [7, 11) is 1.50. The van der Waals surface area contributed by atoms with E-state index in [4.69, 9.17) is 0 Å². The van der Waals surface area contributed by atoms with Crippen LogP contribution in [0.2, 0.25) is 0 Å². The number of urea groups is 1. The Bertz CT molecular complexity index is 221. The Morgan fingerprint density at radius 1 is 1.33 bits per heavy atom. The Kier molecular flexibility index (Phi) is 2.08. The molecule has 1 aliphatic rings. The van der Waals surface area contributed by atoms with Gasteiger partial charge in [-0.3, -0.25) is 9.69 Å². The van der Waals surface area contributed by atoms with Gasteiger partial charge in [-0.25, -0.2) is 4.79 Å². The summed E-state index contributed by atoms with van der Waals surface area (Å²) in [5.74, 6) is -0.113. The van der Waals surface area contributed by atoms with E-state index in [1.165, 1.54) is 7.05 Å². The van der Waals surface area contributed by atoms with Crippen LogP contribution in [0.4, 0.5) is 4.79 Å². The highest BCUT2D eigenvalue weighted by Crippen LogP contribution is 2.23. The largest absolute Gasteiger partial charge is 0.324 e. The molecule has 4 nitrogen and oxygen atoms in total. The van der Waals surface area contributed by atoms with Crippen molar-refractivity contribution >= 4 is 11.9 Å². The maximum absolute atomic E-state index is 11.5. The fourth-order valence-electron chi connectivity index (χ4n) is 1.48. The average molecular weight is 170 g/mol. The van der Waals surface area contributed by atoms with Crippen molar-refractivity contribution in [3.8, 4) is 0 Å². The van der Waals surface area contributed by atoms with E-state index in [1.807, 2.05) is 13.8 Å². The van der Waals surface area contributed by atoms with E-state index in [9.17, 15) is 9.59 Å². The summed E-state index contributed by atoms with van der Waals surface area (Å²) in [5, 5.41) is 2.70. The second kappa shape index (κ2) is 2.77. The highest BCUT2D eigenvalue weighted by molar-refractivity contribution is 6.06. The van der Waals surface area contributed by atoms with E-state index >= 15 is 0 Å². The van der Waals surface area contributed by atoms with Crippen LogP contribution in [0.1, 0.15) is 26.7 Å².